The highest BCUT2D eigenvalue weighted by Crippen LogP contribution is 2.34. The van der Waals surface area contributed by atoms with Crippen molar-refractivity contribution in [2.45, 2.75) is 25.9 Å². The number of benzene rings is 1. The van der Waals surface area contributed by atoms with Gasteiger partial charge >= 0.3 is 5.97 Å². The molecule has 0 bridgehead atoms. The Morgan fingerprint density at radius 2 is 2.12 bits per heavy atom. The van der Waals surface area contributed by atoms with Crippen LogP contribution in [0.1, 0.15) is 18.1 Å². The maximum absolute atomic E-state index is 12.8. The van der Waals surface area contributed by atoms with Crippen molar-refractivity contribution < 1.29 is 14.7 Å². The number of aryl methyl sites for hydroxylation is 1. The predicted octanol–water partition coefficient (Wildman–Crippen LogP) is 2.80. The molecule has 26 heavy (non-hydrogen) atoms. The van der Waals surface area contributed by atoms with Crippen LogP contribution in [0.5, 0.6) is 0 Å². The summed E-state index contributed by atoms with van der Waals surface area (Å²) in [7, 11) is 0. The number of nitrogens with zero attached hydrogens (tertiary/aromatic N) is 3. The van der Waals surface area contributed by atoms with E-state index in [0.29, 0.717) is 4.91 Å². The molecular formula is C18H17N3O3S2. The van der Waals surface area contributed by atoms with Crippen LogP contribution >= 0.6 is 24.0 Å². The van der Waals surface area contributed by atoms with E-state index < -0.39 is 12.0 Å². The zero-order chi connectivity index (χ0) is 18.7. The molecule has 1 N–H and O–H groups in total. The van der Waals surface area contributed by atoms with E-state index in [0.717, 1.165) is 29.4 Å². The van der Waals surface area contributed by atoms with Crippen LogP contribution in [0, 0.1) is 0 Å². The SMILES string of the molecule is CCn1cc(/C=C2/SC(=S)N([C@H](Cc3ccccc3)C(=O)O)C2=O)cn1. The average molecular weight is 387 g/mol. The molecule has 1 aromatic heterocycles. The average Bonchev–Trinajstić information content (AvgIpc) is 3.19. The number of amides is 1. The third-order valence-electron chi connectivity index (χ3n) is 3.97. The van der Waals surface area contributed by atoms with E-state index >= 15 is 0 Å². The van der Waals surface area contributed by atoms with E-state index in [9.17, 15) is 14.7 Å². The smallest absolute Gasteiger partial charge is 0.327 e. The Balaban J connectivity index is 1.85. The predicted molar refractivity (Wildman–Crippen MR) is 104 cm³/mol. The van der Waals surface area contributed by atoms with Crippen molar-refractivity contribution >= 4 is 46.3 Å². The maximum atomic E-state index is 12.8. The van der Waals surface area contributed by atoms with E-state index in [2.05, 4.69) is 5.10 Å². The molecular weight excluding hydrogens is 370 g/mol. The Morgan fingerprint density at radius 1 is 1.38 bits per heavy atom. The third kappa shape index (κ3) is 3.86. The molecule has 0 unspecified atom stereocenters. The molecule has 0 spiro atoms. The first kappa shape index (κ1) is 18.3. The second-order valence-corrected chi connectivity index (χ2v) is 7.40. The van der Waals surface area contributed by atoms with Gasteiger partial charge in [0.05, 0.1) is 11.1 Å². The number of rotatable bonds is 6. The third-order valence-corrected chi connectivity index (χ3v) is 5.30. The molecule has 1 fully saturated rings. The van der Waals surface area contributed by atoms with Crippen molar-refractivity contribution in [2.75, 3.05) is 0 Å². The van der Waals surface area contributed by atoms with Crippen LogP contribution in [0.4, 0.5) is 0 Å². The molecule has 3 rings (SSSR count). The molecule has 8 heteroatoms. The van der Waals surface area contributed by atoms with Gasteiger partial charge in [-0.3, -0.25) is 14.4 Å². The second-order valence-electron chi connectivity index (χ2n) is 5.72. The minimum atomic E-state index is -1.08. The lowest BCUT2D eigenvalue weighted by atomic mass is 10.0. The molecule has 0 saturated carbocycles. The first-order chi connectivity index (χ1) is 12.5. The van der Waals surface area contributed by atoms with Crippen molar-refractivity contribution in [3.05, 3.63) is 58.8 Å². The summed E-state index contributed by atoms with van der Waals surface area (Å²) in [6, 6.07) is 8.17. The standard InChI is InChI=1S/C18H17N3O3S2/c1-2-20-11-13(10-19-20)9-15-16(22)21(18(25)26-15)14(17(23)24)8-12-6-4-3-5-7-12/h3-7,9-11,14H,2,8H2,1H3,(H,23,24)/b15-9+/t14-/m1/s1. The van der Waals surface area contributed by atoms with Gasteiger partial charge in [-0.1, -0.05) is 54.3 Å². The fourth-order valence-electron chi connectivity index (χ4n) is 2.65. The molecule has 1 saturated heterocycles. The summed E-state index contributed by atoms with van der Waals surface area (Å²) >= 11 is 6.41. The molecule has 6 nitrogen and oxygen atoms in total. The first-order valence-corrected chi connectivity index (χ1v) is 9.28. The van der Waals surface area contributed by atoms with E-state index in [1.807, 2.05) is 43.5 Å². The Hall–Kier alpha value is -2.45. The number of carbonyl (C=O) groups excluding carboxylic acids is 1. The number of aliphatic carboxylic acids is 1. The zero-order valence-electron chi connectivity index (χ0n) is 14.0. The van der Waals surface area contributed by atoms with Crippen LogP contribution in [0.2, 0.25) is 0 Å². The lowest BCUT2D eigenvalue weighted by Gasteiger charge is -2.23. The van der Waals surface area contributed by atoms with Crippen molar-refractivity contribution in [3.8, 4) is 0 Å². The van der Waals surface area contributed by atoms with Gasteiger partial charge in [0.2, 0.25) is 0 Å². The van der Waals surface area contributed by atoms with Crippen LogP contribution in [0.15, 0.2) is 47.6 Å². The topological polar surface area (TPSA) is 75.4 Å². The van der Waals surface area contributed by atoms with Crippen LogP contribution in [0.25, 0.3) is 6.08 Å². The summed E-state index contributed by atoms with van der Waals surface area (Å²) < 4.78 is 2.01. The molecule has 2 aromatic rings. The van der Waals surface area contributed by atoms with Crippen molar-refractivity contribution in [2.24, 2.45) is 0 Å². The number of carboxylic acids is 1. The molecule has 2 heterocycles. The minimum absolute atomic E-state index is 0.198. The number of aromatic nitrogens is 2. The fourth-order valence-corrected chi connectivity index (χ4v) is 4.01. The Kier molecular flexibility index (Phi) is 5.53. The molecule has 1 aliphatic rings. The molecule has 134 valence electrons. The highest BCUT2D eigenvalue weighted by molar-refractivity contribution is 8.26. The van der Waals surface area contributed by atoms with E-state index in [4.69, 9.17) is 12.2 Å². The van der Waals surface area contributed by atoms with Gasteiger partial charge in [0.25, 0.3) is 5.91 Å². The minimum Gasteiger partial charge on any atom is -0.480 e. The Morgan fingerprint density at radius 3 is 2.73 bits per heavy atom. The van der Waals surface area contributed by atoms with E-state index in [1.165, 1.54) is 4.90 Å². The van der Waals surface area contributed by atoms with Gasteiger partial charge in [0.1, 0.15) is 10.4 Å². The van der Waals surface area contributed by atoms with Gasteiger partial charge < -0.3 is 5.11 Å². The van der Waals surface area contributed by atoms with Crippen molar-refractivity contribution in [1.29, 1.82) is 0 Å². The van der Waals surface area contributed by atoms with Crippen molar-refractivity contribution in [1.82, 2.24) is 14.7 Å². The molecule has 0 aliphatic carbocycles. The Labute approximate surface area is 160 Å². The monoisotopic (exact) mass is 387 g/mol. The number of carbonyl (C=O) groups is 2. The highest BCUT2D eigenvalue weighted by atomic mass is 32.2. The zero-order valence-corrected chi connectivity index (χ0v) is 15.7. The lowest BCUT2D eigenvalue weighted by molar-refractivity contribution is -0.145. The maximum Gasteiger partial charge on any atom is 0.327 e. The van der Waals surface area contributed by atoms with Crippen molar-refractivity contribution in [3.63, 3.8) is 0 Å². The van der Waals surface area contributed by atoms with Crippen LogP contribution < -0.4 is 0 Å². The number of carboxylic acid groups (broad SMARTS) is 1. The summed E-state index contributed by atoms with van der Waals surface area (Å²) in [5.74, 6) is -1.46. The Bertz CT molecular complexity index is 877. The van der Waals surface area contributed by atoms with Gasteiger partial charge in [-0.05, 0) is 18.6 Å². The van der Waals surface area contributed by atoms with E-state index in [1.54, 1.807) is 17.0 Å². The van der Waals surface area contributed by atoms with E-state index in [-0.39, 0.29) is 16.6 Å². The summed E-state index contributed by atoms with van der Waals surface area (Å²) in [6.45, 7) is 2.70. The van der Waals surface area contributed by atoms with Gasteiger partial charge in [-0.15, -0.1) is 0 Å². The number of thiocarbonyl (C=S) groups is 1. The summed E-state index contributed by atoms with van der Waals surface area (Å²) in [4.78, 5) is 26.2. The quantitative estimate of drug-likeness (QED) is 0.607. The highest BCUT2D eigenvalue weighted by Gasteiger charge is 2.40. The van der Waals surface area contributed by atoms with Gasteiger partial charge in [0, 0.05) is 24.7 Å². The summed E-state index contributed by atoms with van der Waals surface area (Å²) in [6.07, 6.45) is 5.38. The van der Waals surface area contributed by atoms with Crippen LogP contribution in [-0.2, 0) is 22.6 Å². The fraction of sp³-hybridized carbons (Fsp3) is 0.222. The van der Waals surface area contributed by atoms with Gasteiger partial charge in [-0.25, -0.2) is 4.79 Å². The van der Waals surface area contributed by atoms with Crippen LogP contribution in [-0.4, -0.2) is 42.0 Å². The summed E-state index contributed by atoms with van der Waals surface area (Å²) in [5.41, 5.74) is 1.62. The van der Waals surface area contributed by atoms with Crippen LogP contribution in [0.3, 0.4) is 0 Å². The number of thioether (sulfide) groups is 1. The van der Waals surface area contributed by atoms with Gasteiger partial charge in [-0.2, -0.15) is 5.10 Å². The second kappa shape index (κ2) is 7.84. The molecule has 1 atom stereocenters. The number of hydrogen-bond donors (Lipinski definition) is 1. The molecule has 1 amide bonds. The molecule has 1 aromatic carbocycles. The summed E-state index contributed by atoms with van der Waals surface area (Å²) in [5, 5.41) is 13.8. The lowest BCUT2D eigenvalue weighted by Crippen LogP contribution is -2.45. The number of hydrogen-bond acceptors (Lipinski definition) is 5. The molecule has 1 aliphatic heterocycles. The largest absolute Gasteiger partial charge is 0.480 e. The molecule has 0 radical (unpaired) electrons. The van der Waals surface area contributed by atoms with Gasteiger partial charge in [0.15, 0.2) is 0 Å². The normalized spacial score (nSPS) is 17.1. The first-order valence-electron chi connectivity index (χ1n) is 8.06.